The zero-order chi connectivity index (χ0) is 24.2. The van der Waals surface area contributed by atoms with Crippen LogP contribution < -0.4 is 9.47 Å². The van der Waals surface area contributed by atoms with E-state index in [2.05, 4.69) is 6.92 Å². The molecule has 1 fully saturated rings. The van der Waals surface area contributed by atoms with Gasteiger partial charge >= 0.3 is 0 Å². The lowest BCUT2D eigenvalue weighted by atomic mass is 9.94. The van der Waals surface area contributed by atoms with Gasteiger partial charge in [-0.15, -0.1) is 0 Å². The van der Waals surface area contributed by atoms with Gasteiger partial charge in [-0.1, -0.05) is 25.5 Å². The Balaban J connectivity index is 1.77. The SMILES string of the molecule is CCCCOc1cccc(C2/C(=C(\O)c3ccc4c(c3)CC(C)O4)C(=O)C(=O)N2CCOC)c1. The average Bonchev–Trinajstić information content (AvgIpc) is 3.33. The van der Waals surface area contributed by atoms with E-state index < -0.39 is 17.7 Å². The standard InChI is InChI=1S/C27H31NO6/c1-4-5-12-33-21-8-6-7-18(16-21)24-23(26(30)27(31)28(24)11-13-32-3)25(29)19-9-10-22-20(15-19)14-17(2)34-22/h6-10,15-17,24,29H,4-5,11-14H2,1-3H3/b25-23+. The zero-order valence-electron chi connectivity index (χ0n) is 19.9. The van der Waals surface area contributed by atoms with E-state index in [-0.39, 0.29) is 30.6 Å². The van der Waals surface area contributed by atoms with Crippen molar-refractivity contribution in [1.29, 1.82) is 0 Å². The number of ketones is 1. The van der Waals surface area contributed by atoms with Crippen molar-refractivity contribution in [3.63, 3.8) is 0 Å². The minimum Gasteiger partial charge on any atom is -0.507 e. The van der Waals surface area contributed by atoms with Crippen LogP contribution in [-0.4, -0.2) is 54.7 Å². The highest BCUT2D eigenvalue weighted by molar-refractivity contribution is 6.46. The van der Waals surface area contributed by atoms with E-state index in [4.69, 9.17) is 14.2 Å². The summed E-state index contributed by atoms with van der Waals surface area (Å²) in [5, 5.41) is 11.3. The molecule has 1 amide bonds. The molecular weight excluding hydrogens is 434 g/mol. The Bertz CT molecular complexity index is 1110. The number of unbranched alkanes of at least 4 members (excludes halogenated alkanes) is 1. The molecule has 0 aromatic heterocycles. The monoisotopic (exact) mass is 465 g/mol. The van der Waals surface area contributed by atoms with Gasteiger partial charge in [0.25, 0.3) is 11.7 Å². The fourth-order valence-electron chi connectivity index (χ4n) is 4.48. The third-order valence-corrected chi connectivity index (χ3v) is 6.19. The van der Waals surface area contributed by atoms with Crippen LogP contribution in [-0.2, 0) is 20.7 Å². The van der Waals surface area contributed by atoms with Crippen LogP contribution in [0, 0.1) is 0 Å². The van der Waals surface area contributed by atoms with Crippen LogP contribution >= 0.6 is 0 Å². The third kappa shape index (κ3) is 4.66. The smallest absolute Gasteiger partial charge is 0.295 e. The first-order chi connectivity index (χ1) is 16.4. The van der Waals surface area contributed by atoms with Crippen molar-refractivity contribution < 1.29 is 28.9 Å². The van der Waals surface area contributed by atoms with E-state index in [1.807, 2.05) is 37.3 Å². The van der Waals surface area contributed by atoms with Crippen molar-refractivity contribution >= 4 is 17.4 Å². The molecule has 1 N–H and O–H groups in total. The van der Waals surface area contributed by atoms with E-state index in [0.29, 0.717) is 23.5 Å². The second-order valence-electron chi connectivity index (χ2n) is 8.71. The number of likely N-dealkylation sites (tertiary alicyclic amines) is 1. The van der Waals surface area contributed by atoms with Crippen LogP contribution in [0.25, 0.3) is 5.76 Å². The van der Waals surface area contributed by atoms with E-state index in [1.165, 1.54) is 4.90 Å². The fraction of sp³-hybridized carbons (Fsp3) is 0.407. The molecule has 0 saturated carbocycles. The summed E-state index contributed by atoms with van der Waals surface area (Å²) >= 11 is 0. The molecule has 0 aliphatic carbocycles. The van der Waals surface area contributed by atoms with E-state index in [0.717, 1.165) is 30.6 Å². The highest BCUT2D eigenvalue weighted by Crippen LogP contribution is 2.41. The zero-order valence-corrected chi connectivity index (χ0v) is 19.9. The molecule has 0 bridgehead atoms. The van der Waals surface area contributed by atoms with E-state index in [1.54, 1.807) is 19.2 Å². The largest absolute Gasteiger partial charge is 0.507 e. The maximum Gasteiger partial charge on any atom is 0.295 e. The van der Waals surface area contributed by atoms with Gasteiger partial charge in [0.15, 0.2) is 0 Å². The molecule has 2 aliphatic rings. The molecule has 2 atom stereocenters. The van der Waals surface area contributed by atoms with Gasteiger partial charge in [0, 0.05) is 25.6 Å². The minimum absolute atomic E-state index is 0.0578. The van der Waals surface area contributed by atoms with Crippen LogP contribution in [0.15, 0.2) is 48.0 Å². The number of hydrogen-bond donors (Lipinski definition) is 1. The summed E-state index contributed by atoms with van der Waals surface area (Å²) < 4.78 is 16.8. The van der Waals surface area contributed by atoms with Gasteiger partial charge in [0.2, 0.25) is 0 Å². The molecule has 2 aromatic carbocycles. The van der Waals surface area contributed by atoms with Gasteiger partial charge in [-0.25, -0.2) is 0 Å². The summed E-state index contributed by atoms with van der Waals surface area (Å²) in [4.78, 5) is 27.6. The normalized spacial score (nSPS) is 21.0. The van der Waals surface area contributed by atoms with Crippen molar-refractivity contribution in [3.8, 4) is 11.5 Å². The summed E-state index contributed by atoms with van der Waals surface area (Å²) in [5.41, 5.74) is 2.22. The number of amides is 1. The maximum atomic E-state index is 13.2. The predicted octanol–water partition coefficient (Wildman–Crippen LogP) is 4.26. The number of carbonyl (C=O) groups excluding carboxylic acids is 2. The molecule has 180 valence electrons. The summed E-state index contributed by atoms with van der Waals surface area (Å²) in [6, 6.07) is 12.0. The lowest BCUT2D eigenvalue weighted by Crippen LogP contribution is -2.32. The number of benzene rings is 2. The van der Waals surface area contributed by atoms with Gasteiger partial charge < -0.3 is 24.2 Å². The van der Waals surface area contributed by atoms with Crippen LogP contribution in [0.1, 0.15) is 49.4 Å². The second kappa shape index (κ2) is 10.3. The lowest BCUT2D eigenvalue weighted by Gasteiger charge is -2.25. The summed E-state index contributed by atoms with van der Waals surface area (Å²) in [6.45, 7) is 5.15. The van der Waals surface area contributed by atoms with Gasteiger partial charge in [0.1, 0.15) is 23.4 Å². The first-order valence-corrected chi connectivity index (χ1v) is 11.7. The molecule has 7 nitrogen and oxygen atoms in total. The highest BCUT2D eigenvalue weighted by Gasteiger charge is 2.46. The number of nitrogens with zero attached hydrogens (tertiary/aromatic N) is 1. The van der Waals surface area contributed by atoms with Crippen LogP contribution in [0.4, 0.5) is 0 Å². The fourth-order valence-corrected chi connectivity index (χ4v) is 4.48. The Labute approximate surface area is 199 Å². The Kier molecular flexibility index (Phi) is 7.22. The molecular formula is C27H31NO6. The summed E-state index contributed by atoms with van der Waals surface area (Å²) in [5.74, 6) is -0.118. The number of methoxy groups -OCH3 is 1. The average molecular weight is 466 g/mol. The molecule has 2 heterocycles. The second-order valence-corrected chi connectivity index (χ2v) is 8.71. The number of hydrogen-bond acceptors (Lipinski definition) is 6. The van der Waals surface area contributed by atoms with Crippen molar-refractivity contribution in [3.05, 3.63) is 64.7 Å². The van der Waals surface area contributed by atoms with Crippen LogP contribution in [0.2, 0.25) is 0 Å². The van der Waals surface area contributed by atoms with Crippen molar-refractivity contribution in [1.82, 2.24) is 4.90 Å². The van der Waals surface area contributed by atoms with E-state index in [9.17, 15) is 14.7 Å². The minimum atomic E-state index is -0.742. The number of aliphatic hydroxyl groups excluding tert-OH is 1. The van der Waals surface area contributed by atoms with Gasteiger partial charge in [-0.05, 0) is 54.8 Å². The molecule has 4 rings (SSSR count). The third-order valence-electron chi connectivity index (χ3n) is 6.19. The number of carbonyl (C=O) groups is 2. The molecule has 2 aliphatic heterocycles. The van der Waals surface area contributed by atoms with Crippen molar-refractivity contribution in [2.24, 2.45) is 0 Å². The molecule has 34 heavy (non-hydrogen) atoms. The Morgan fingerprint density at radius 3 is 2.76 bits per heavy atom. The Hall–Kier alpha value is -3.32. The molecule has 1 saturated heterocycles. The topological polar surface area (TPSA) is 85.3 Å². The quantitative estimate of drug-likeness (QED) is 0.258. The molecule has 2 aromatic rings. The Morgan fingerprint density at radius 1 is 1.18 bits per heavy atom. The van der Waals surface area contributed by atoms with Gasteiger partial charge in [-0.2, -0.15) is 0 Å². The van der Waals surface area contributed by atoms with Crippen molar-refractivity contribution in [2.75, 3.05) is 26.9 Å². The molecule has 0 spiro atoms. The highest BCUT2D eigenvalue weighted by atomic mass is 16.5. The summed E-state index contributed by atoms with van der Waals surface area (Å²) in [6.07, 6.45) is 2.72. The number of rotatable bonds is 9. The van der Waals surface area contributed by atoms with Gasteiger partial charge in [-0.3, -0.25) is 9.59 Å². The number of aliphatic hydroxyl groups is 1. The van der Waals surface area contributed by atoms with Crippen LogP contribution in [0.5, 0.6) is 11.5 Å². The van der Waals surface area contributed by atoms with Crippen LogP contribution in [0.3, 0.4) is 0 Å². The molecule has 7 heteroatoms. The predicted molar refractivity (Wildman–Crippen MR) is 128 cm³/mol. The number of ether oxygens (including phenoxy) is 3. The summed E-state index contributed by atoms with van der Waals surface area (Å²) in [7, 11) is 1.54. The lowest BCUT2D eigenvalue weighted by molar-refractivity contribution is -0.140. The number of Topliss-reactive ketones (excluding diaryl/α,β-unsaturated/α-hetero) is 1. The molecule has 0 radical (unpaired) electrons. The first kappa shape index (κ1) is 23.8. The molecule has 2 unspecified atom stereocenters. The number of fused-ring (bicyclic) bond motifs is 1. The van der Waals surface area contributed by atoms with Crippen molar-refractivity contribution in [2.45, 2.75) is 45.3 Å². The first-order valence-electron chi connectivity index (χ1n) is 11.7. The van der Waals surface area contributed by atoms with Gasteiger partial charge in [0.05, 0.1) is 24.8 Å². The van der Waals surface area contributed by atoms with E-state index >= 15 is 0 Å². The Morgan fingerprint density at radius 2 is 2.00 bits per heavy atom. The maximum absolute atomic E-state index is 13.2.